The van der Waals surface area contributed by atoms with Gasteiger partial charge >= 0.3 is 0 Å². The molecule has 4 aromatic rings. The Balaban J connectivity index is 1.40. The topological polar surface area (TPSA) is 20.3 Å². The summed E-state index contributed by atoms with van der Waals surface area (Å²) in [6.45, 7) is 4.63. The molecule has 1 aliphatic carbocycles. The molecule has 2 aliphatic heterocycles. The van der Waals surface area contributed by atoms with Crippen LogP contribution in [-0.4, -0.2) is 10.9 Å². The summed E-state index contributed by atoms with van der Waals surface area (Å²) >= 11 is 1.84. The second-order valence-corrected chi connectivity index (χ2v) is 14.6. The molecule has 0 radical (unpaired) electrons. The number of hydrogen-bond acceptors (Lipinski definition) is 3. The zero-order valence-electron chi connectivity index (χ0n) is 20.9. The molecule has 7 rings (SSSR count). The lowest BCUT2D eigenvalue weighted by Crippen LogP contribution is -2.39. The Labute approximate surface area is 223 Å². The Morgan fingerprint density at radius 1 is 0.757 bits per heavy atom. The van der Waals surface area contributed by atoms with Gasteiger partial charge in [-0.15, -0.1) is 11.8 Å². The third kappa shape index (κ3) is 3.31. The van der Waals surface area contributed by atoms with Crippen molar-refractivity contribution in [2.75, 3.05) is 4.90 Å². The highest BCUT2D eigenvalue weighted by molar-refractivity contribution is 8.02. The number of allylic oxidation sites excluding steroid dienone is 2. The molecule has 0 aromatic heterocycles. The van der Waals surface area contributed by atoms with Crippen LogP contribution in [0.2, 0.25) is 0 Å². The first-order valence-corrected chi connectivity index (χ1v) is 15.5. The lowest BCUT2D eigenvalue weighted by Gasteiger charge is -2.44. The van der Waals surface area contributed by atoms with E-state index in [-0.39, 0.29) is 16.3 Å². The summed E-state index contributed by atoms with van der Waals surface area (Å²) in [7, 11) is -2.88. The average Bonchev–Trinajstić information content (AvgIpc) is 2.94. The molecule has 0 saturated carbocycles. The molecule has 0 saturated heterocycles. The molecule has 182 valence electrons. The smallest absolute Gasteiger partial charge is 0.152 e. The molecule has 0 spiro atoms. The zero-order valence-corrected chi connectivity index (χ0v) is 22.6. The molecule has 4 aromatic carbocycles. The van der Waals surface area contributed by atoms with Gasteiger partial charge in [-0.2, -0.15) is 0 Å². The number of hydrogen-bond donors (Lipinski definition) is 0. The van der Waals surface area contributed by atoms with E-state index in [2.05, 4.69) is 104 Å². The standard InChI is InChI=1S/C33H28NOPS/c1-33(2)25-14-6-8-16-27(25)34(28-17-9-7-15-26(28)33)23-20-21-30-32(22-23)37-31-19-11-10-18-29(31)36(30,35)24-12-4-3-5-13-24/h3-22,30,32H,1-2H3. The van der Waals surface area contributed by atoms with E-state index in [1.54, 1.807) is 0 Å². The summed E-state index contributed by atoms with van der Waals surface area (Å²) in [5.74, 6) is 0. The predicted molar refractivity (Wildman–Crippen MR) is 158 cm³/mol. The highest BCUT2D eigenvalue weighted by atomic mass is 32.2. The fraction of sp³-hybridized carbons (Fsp3) is 0.152. The molecule has 0 bridgehead atoms. The quantitative estimate of drug-likeness (QED) is 0.253. The maximum Gasteiger partial charge on any atom is 0.152 e. The normalized spacial score (nSPS) is 24.8. The van der Waals surface area contributed by atoms with Gasteiger partial charge < -0.3 is 9.46 Å². The Hall–Kier alpha value is -3.26. The first-order chi connectivity index (χ1) is 18.0. The van der Waals surface area contributed by atoms with E-state index in [4.69, 9.17) is 0 Å². The van der Waals surface area contributed by atoms with Crippen molar-refractivity contribution in [3.63, 3.8) is 0 Å². The minimum atomic E-state index is -2.88. The van der Waals surface area contributed by atoms with Crippen LogP contribution >= 0.6 is 18.9 Å². The average molecular weight is 518 g/mol. The Kier molecular flexibility index (Phi) is 5.19. The summed E-state index contributed by atoms with van der Waals surface area (Å²) in [6, 6.07) is 35.9. The monoisotopic (exact) mass is 517 g/mol. The lowest BCUT2D eigenvalue weighted by molar-refractivity contribution is 0.581. The fourth-order valence-electron chi connectivity index (χ4n) is 6.26. The Morgan fingerprint density at radius 2 is 1.35 bits per heavy atom. The van der Waals surface area contributed by atoms with Crippen molar-refractivity contribution < 1.29 is 4.57 Å². The largest absolute Gasteiger partial charge is 0.313 e. The van der Waals surface area contributed by atoms with Crippen molar-refractivity contribution >= 4 is 40.9 Å². The lowest BCUT2D eigenvalue weighted by atomic mass is 9.73. The van der Waals surface area contributed by atoms with Crippen LogP contribution < -0.4 is 15.5 Å². The number of benzene rings is 4. The van der Waals surface area contributed by atoms with Crippen molar-refractivity contribution in [3.05, 3.63) is 138 Å². The summed E-state index contributed by atoms with van der Waals surface area (Å²) in [5.41, 5.74) is 6.05. The van der Waals surface area contributed by atoms with Crippen LogP contribution in [0.15, 0.2) is 132 Å². The van der Waals surface area contributed by atoms with Gasteiger partial charge in [-0.25, -0.2) is 0 Å². The van der Waals surface area contributed by atoms with Gasteiger partial charge in [0, 0.05) is 31.9 Å². The van der Waals surface area contributed by atoms with Gasteiger partial charge in [0.1, 0.15) is 0 Å². The summed E-state index contributed by atoms with van der Waals surface area (Å²) in [5, 5.41) is 2.01. The van der Waals surface area contributed by atoms with Gasteiger partial charge in [0.05, 0.1) is 17.0 Å². The number of nitrogens with zero attached hydrogens (tertiary/aromatic N) is 1. The van der Waals surface area contributed by atoms with Crippen LogP contribution in [0, 0.1) is 0 Å². The molecule has 2 heterocycles. The highest BCUT2D eigenvalue weighted by Gasteiger charge is 2.47. The minimum Gasteiger partial charge on any atom is -0.313 e. The summed E-state index contributed by atoms with van der Waals surface area (Å²) in [6.07, 6.45) is 6.78. The van der Waals surface area contributed by atoms with Crippen molar-refractivity contribution in [2.24, 2.45) is 0 Å². The first kappa shape index (κ1) is 22.9. The summed E-state index contributed by atoms with van der Waals surface area (Å²) < 4.78 is 15.1. The van der Waals surface area contributed by atoms with Crippen molar-refractivity contribution in [1.29, 1.82) is 0 Å². The fourth-order valence-corrected chi connectivity index (χ4v) is 11.7. The first-order valence-electron chi connectivity index (χ1n) is 12.8. The van der Waals surface area contributed by atoms with E-state index >= 15 is 4.57 Å². The second kappa shape index (κ2) is 8.38. The van der Waals surface area contributed by atoms with Crippen molar-refractivity contribution in [1.82, 2.24) is 0 Å². The third-order valence-corrected chi connectivity index (χ3v) is 13.2. The van der Waals surface area contributed by atoms with E-state index in [1.165, 1.54) is 22.5 Å². The molecule has 0 N–H and O–H groups in total. The second-order valence-electron chi connectivity index (χ2n) is 10.5. The van der Waals surface area contributed by atoms with Gasteiger partial charge in [0.25, 0.3) is 0 Å². The van der Waals surface area contributed by atoms with Gasteiger partial charge in [0.15, 0.2) is 7.14 Å². The molecule has 3 atom stereocenters. The van der Waals surface area contributed by atoms with Gasteiger partial charge in [-0.1, -0.05) is 105 Å². The molecule has 0 fully saturated rings. The maximum atomic E-state index is 15.1. The van der Waals surface area contributed by atoms with Crippen LogP contribution in [-0.2, 0) is 9.98 Å². The zero-order chi connectivity index (χ0) is 25.2. The van der Waals surface area contributed by atoms with Crippen molar-refractivity contribution in [2.45, 2.75) is 35.1 Å². The van der Waals surface area contributed by atoms with Crippen LogP contribution in [0.25, 0.3) is 0 Å². The van der Waals surface area contributed by atoms with Gasteiger partial charge in [-0.05, 0) is 41.5 Å². The Morgan fingerprint density at radius 3 is 2.05 bits per heavy atom. The molecule has 37 heavy (non-hydrogen) atoms. The SMILES string of the molecule is CC1(C)c2ccccc2N(C2=CC3Sc4ccccc4P(=O)(c4ccccc4)C3C=C2)c2ccccc21. The Bertz CT molecular complexity index is 1590. The third-order valence-electron chi connectivity index (χ3n) is 8.08. The predicted octanol–water partition coefficient (Wildman–Crippen LogP) is 7.77. The van der Waals surface area contributed by atoms with E-state index in [0.717, 1.165) is 21.2 Å². The molecule has 3 aliphatic rings. The molecule has 4 heteroatoms. The highest BCUT2D eigenvalue weighted by Crippen LogP contribution is 2.60. The molecule has 3 unspecified atom stereocenters. The minimum absolute atomic E-state index is 0.0785. The van der Waals surface area contributed by atoms with Crippen LogP contribution in [0.3, 0.4) is 0 Å². The maximum absolute atomic E-state index is 15.1. The molecular weight excluding hydrogens is 489 g/mol. The number of anilines is 2. The van der Waals surface area contributed by atoms with E-state index < -0.39 is 7.14 Å². The van der Waals surface area contributed by atoms with Crippen LogP contribution in [0.4, 0.5) is 11.4 Å². The molecule has 0 amide bonds. The van der Waals surface area contributed by atoms with Gasteiger partial charge in [0.2, 0.25) is 0 Å². The number of para-hydroxylation sites is 2. The van der Waals surface area contributed by atoms with Crippen LogP contribution in [0.5, 0.6) is 0 Å². The van der Waals surface area contributed by atoms with Crippen molar-refractivity contribution in [3.8, 4) is 0 Å². The number of thioether (sulfide) groups is 1. The van der Waals surface area contributed by atoms with Gasteiger partial charge in [-0.3, -0.25) is 0 Å². The summed E-state index contributed by atoms with van der Waals surface area (Å²) in [4.78, 5) is 3.53. The van der Waals surface area contributed by atoms with E-state index in [9.17, 15) is 0 Å². The number of rotatable bonds is 2. The molecular formula is C33H28NOPS. The van der Waals surface area contributed by atoms with E-state index in [1.807, 2.05) is 48.2 Å². The molecule has 2 nitrogen and oxygen atoms in total. The van der Waals surface area contributed by atoms with Crippen LogP contribution in [0.1, 0.15) is 25.0 Å². The number of fused-ring (bicyclic) bond motifs is 4. The van der Waals surface area contributed by atoms with E-state index in [0.29, 0.717) is 0 Å².